The Bertz CT molecular complexity index is 355. The van der Waals surface area contributed by atoms with Crippen LogP contribution in [0, 0.1) is 5.92 Å². The maximum absolute atomic E-state index is 11.6. The van der Waals surface area contributed by atoms with Crippen LogP contribution in [0.25, 0.3) is 0 Å². The van der Waals surface area contributed by atoms with Crippen LogP contribution in [0.4, 0.5) is 0 Å². The molecule has 1 heterocycles. The molecule has 0 bridgehead atoms. The molecule has 1 aliphatic carbocycles. The van der Waals surface area contributed by atoms with Gasteiger partial charge >= 0.3 is 0 Å². The van der Waals surface area contributed by atoms with E-state index in [0.29, 0.717) is 26.2 Å². The summed E-state index contributed by atoms with van der Waals surface area (Å²) in [6.07, 6.45) is 1.96. The Labute approximate surface area is 89.2 Å². The molecule has 6 nitrogen and oxygen atoms in total. The molecular weight excluding hydrogens is 218 g/mol. The molecule has 2 aliphatic rings. The molecule has 0 spiro atoms. The van der Waals surface area contributed by atoms with Gasteiger partial charge in [-0.2, -0.15) is 12.7 Å². The Morgan fingerprint density at radius 1 is 1.13 bits per heavy atom. The summed E-state index contributed by atoms with van der Waals surface area (Å²) in [6, 6.07) is 0. The topological polar surface area (TPSA) is 83.7 Å². The maximum Gasteiger partial charge on any atom is 0.277 e. The minimum Gasteiger partial charge on any atom is -0.340 e. The molecule has 15 heavy (non-hydrogen) atoms. The van der Waals surface area contributed by atoms with Gasteiger partial charge in [-0.25, -0.2) is 5.14 Å². The largest absolute Gasteiger partial charge is 0.340 e. The molecule has 0 aromatic rings. The summed E-state index contributed by atoms with van der Waals surface area (Å²) < 4.78 is 23.2. The lowest BCUT2D eigenvalue weighted by Crippen LogP contribution is -2.52. The van der Waals surface area contributed by atoms with Gasteiger partial charge in [0.1, 0.15) is 0 Å². The van der Waals surface area contributed by atoms with E-state index in [9.17, 15) is 13.2 Å². The highest BCUT2D eigenvalue weighted by molar-refractivity contribution is 7.86. The summed E-state index contributed by atoms with van der Waals surface area (Å²) in [5.74, 6) is 0.370. The smallest absolute Gasteiger partial charge is 0.277 e. The van der Waals surface area contributed by atoms with E-state index in [1.807, 2.05) is 0 Å². The first-order chi connectivity index (χ1) is 6.98. The summed E-state index contributed by atoms with van der Waals surface area (Å²) in [7, 11) is -3.58. The van der Waals surface area contributed by atoms with Crippen molar-refractivity contribution in [2.24, 2.45) is 11.1 Å². The molecule has 86 valence electrons. The van der Waals surface area contributed by atoms with Crippen molar-refractivity contribution in [3.63, 3.8) is 0 Å². The highest BCUT2D eigenvalue weighted by Gasteiger charge is 2.35. The van der Waals surface area contributed by atoms with Crippen LogP contribution >= 0.6 is 0 Å². The summed E-state index contributed by atoms with van der Waals surface area (Å²) in [5, 5.41) is 5.00. The van der Waals surface area contributed by atoms with Gasteiger partial charge in [-0.15, -0.1) is 0 Å². The molecule has 1 saturated carbocycles. The Kier molecular flexibility index (Phi) is 2.70. The van der Waals surface area contributed by atoms with E-state index >= 15 is 0 Å². The number of carbonyl (C=O) groups excluding carboxylic acids is 1. The molecule has 2 fully saturated rings. The lowest BCUT2D eigenvalue weighted by atomic mass is 10.3. The molecule has 2 rings (SSSR count). The number of rotatable bonds is 2. The Morgan fingerprint density at radius 2 is 1.67 bits per heavy atom. The quantitative estimate of drug-likeness (QED) is 0.646. The summed E-state index contributed by atoms with van der Waals surface area (Å²) in [4.78, 5) is 13.4. The van der Waals surface area contributed by atoms with Gasteiger partial charge in [0.05, 0.1) is 0 Å². The third kappa shape index (κ3) is 2.47. The van der Waals surface area contributed by atoms with Crippen molar-refractivity contribution in [1.29, 1.82) is 0 Å². The van der Waals surface area contributed by atoms with Crippen LogP contribution in [0.1, 0.15) is 12.8 Å². The molecule has 7 heteroatoms. The van der Waals surface area contributed by atoms with Crippen molar-refractivity contribution in [1.82, 2.24) is 9.21 Å². The highest BCUT2D eigenvalue weighted by Crippen LogP contribution is 2.31. The van der Waals surface area contributed by atoms with Crippen LogP contribution in [0.5, 0.6) is 0 Å². The SMILES string of the molecule is NS(=O)(=O)N1CCN(C(=O)C2CC2)CC1. The molecule has 0 aromatic carbocycles. The van der Waals surface area contributed by atoms with Gasteiger partial charge in [-0.1, -0.05) is 0 Å². The van der Waals surface area contributed by atoms with E-state index in [0.717, 1.165) is 12.8 Å². The van der Waals surface area contributed by atoms with E-state index in [1.54, 1.807) is 4.90 Å². The summed E-state index contributed by atoms with van der Waals surface area (Å²) in [6.45, 7) is 1.56. The number of carbonyl (C=O) groups is 1. The van der Waals surface area contributed by atoms with Gasteiger partial charge in [0.15, 0.2) is 0 Å². The minimum atomic E-state index is -3.58. The fourth-order valence-electron chi connectivity index (χ4n) is 1.75. The molecule has 0 atom stereocenters. The Hall–Kier alpha value is -0.660. The number of piperazine rings is 1. The van der Waals surface area contributed by atoms with Crippen molar-refractivity contribution < 1.29 is 13.2 Å². The lowest BCUT2D eigenvalue weighted by molar-refractivity contribution is -0.133. The first kappa shape index (κ1) is 10.8. The second-order valence-electron chi connectivity index (χ2n) is 4.04. The fraction of sp³-hybridized carbons (Fsp3) is 0.875. The van der Waals surface area contributed by atoms with Crippen molar-refractivity contribution in [3.8, 4) is 0 Å². The van der Waals surface area contributed by atoms with Crippen LogP contribution in [0.15, 0.2) is 0 Å². The van der Waals surface area contributed by atoms with Gasteiger partial charge in [-0.3, -0.25) is 4.79 Å². The average Bonchev–Trinajstić information content (AvgIpc) is 2.99. The van der Waals surface area contributed by atoms with Gasteiger partial charge in [-0.05, 0) is 12.8 Å². The second-order valence-corrected chi connectivity index (χ2v) is 5.59. The van der Waals surface area contributed by atoms with Gasteiger partial charge in [0.25, 0.3) is 10.2 Å². The highest BCUT2D eigenvalue weighted by atomic mass is 32.2. The molecule has 0 radical (unpaired) electrons. The molecule has 1 aliphatic heterocycles. The van der Waals surface area contributed by atoms with E-state index < -0.39 is 10.2 Å². The number of hydrogen-bond acceptors (Lipinski definition) is 3. The monoisotopic (exact) mass is 233 g/mol. The molecule has 1 amide bonds. The van der Waals surface area contributed by atoms with E-state index in [1.165, 1.54) is 4.31 Å². The van der Waals surface area contributed by atoms with E-state index in [4.69, 9.17) is 5.14 Å². The lowest BCUT2D eigenvalue weighted by Gasteiger charge is -2.33. The zero-order valence-electron chi connectivity index (χ0n) is 8.42. The zero-order valence-corrected chi connectivity index (χ0v) is 9.24. The van der Waals surface area contributed by atoms with Crippen molar-refractivity contribution in [3.05, 3.63) is 0 Å². The second kappa shape index (κ2) is 3.73. The molecule has 2 N–H and O–H groups in total. The summed E-state index contributed by atoms with van der Waals surface area (Å²) in [5.41, 5.74) is 0. The summed E-state index contributed by atoms with van der Waals surface area (Å²) >= 11 is 0. The van der Waals surface area contributed by atoms with Crippen LogP contribution in [-0.2, 0) is 15.0 Å². The van der Waals surface area contributed by atoms with Gasteiger partial charge < -0.3 is 4.90 Å². The zero-order chi connectivity index (χ0) is 11.1. The Balaban J connectivity index is 1.89. The van der Waals surface area contributed by atoms with Crippen LogP contribution in [-0.4, -0.2) is 49.7 Å². The molecule has 1 saturated heterocycles. The number of hydrogen-bond donors (Lipinski definition) is 1. The normalized spacial score (nSPS) is 24.2. The standard InChI is InChI=1S/C8H15N3O3S/c9-15(13,14)11-5-3-10(4-6-11)8(12)7-1-2-7/h7H,1-6H2,(H2,9,13,14). The van der Waals surface area contributed by atoms with Crippen molar-refractivity contribution in [2.75, 3.05) is 26.2 Å². The maximum atomic E-state index is 11.6. The number of amides is 1. The third-order valence-electron chi connectivity index (χ3n) is 2.84. The van der Waals surface area contributed by atoms with Gasteiger partial charge in [0.2, 0.25) is 5.91 Å². The number of nitrogens with two attached hydrogens (primary N) is 1. The van der Waals surface area contributed by atoms with Crippen LogP contribution in [0.3, 0.4) is 0 Å². The van der Waals surface area contributed by atoms with E-state index in [-0.39, 0.29) is 11.8 Å². The van der Waals surface area contributed by atoms with Crippen molar-refractivity contribution >= 4 is 16.1 Å². The minimum absolute atomic E-state index is 0.170. The molecular formula is C8H15N3O3S. The van der Waals surface area contributed by atoms with Crippen LogP contribution in [0.2, 0.25) is 0 Å². The Morgan fingerprint density at radius 3 is 2.07 bits per heavy atom. The van der Waals surface area contributed by atoms with Crippen molar-refractivity contribution in [2.45, 2.75) is 12.8 Å². The third-order valence-corrected chi connectivity index (χ3v) is 3.92. The van der Waals surface area contributed by atoms with E-state index in [2.05, 4.69) is 0 Å². The number of nitrogens with zero attached hydrogens (tertiary/aromatic N) is 2. The predicted molar refractivity (Wildman–Crippen MR) is 54.0 cm³/mol. The van der Waals surface area contributed by atoms with Crippen LogP contribution < -0.4 is 5.14 Å². The molecule has 0 aromatic heterocycles. The predicted octanol–water partition coefficient (Wildman–Crippen LogP) is -1.26. The van der Waals surface area contributed by atoms with Gasteiger partial charge in [0, 0.05) is 32.1 Å². The molecule has 0 unspecified atom stereocenters. The first-order valence-electron chi connectivity index (χ1n) is 5.05. The first-order valence-corrected chi connectivity index (χ1v) is 6.55. The fourth-order valence-corrected chi connectivity index (χ4v) is 2.42. The average molecular weight is 233 g/mol.